The van der Waals surface area contributed by atoms with Crippen LogP contribution in [0.25, 0.3) is 0 Å². The molecule has 0 aliphatic rings. The molecule has 112 valence electrons. The molecule has 0 aliphatic heterocycles. The Morgan fingerprint density at radius 3 is 2.52 bits per heavy atom. The number of pyridine rings is 1. The van der Waals surface area contributed by atoms with Crippen LogP contribution in [0.1, 0.15) is 18.1 Å². The third-order valence-corrected chi connectivity index (χ3v) is 3.57. The number of ether oxygens (including phenoxy) is 2. The maximum absolute atomic E-state index is 5.62. The molecule has 1 heterocycles. The summed E-state index contributed by atoms with van der Waals surface area (Å²) in [7, 11) is 1.64. The van der Waals surface area contributed by atoms with Gasteiger partial charge in [-0.25, -0.2) is 0 Å². The van der Waals surface area contributed by atoms with Crippen molar-refractivity contribution in [2.75, 3.05) is 13.7 Å². The number of hydrogen-bond donors (Lipinski definition) is 1. The standard InChI is InChI=1S/C16H19BrN2O2/c1-3-21-15-9-13(8-14(17)16(15)20-2)11-19-10-12-4-6-18-7-5-12/h4-9,19H,3,10-11H2,1-2H3. The molecule has 2 rings (SSSR count). The van der Waals surface area contributed by atoms with Crippen LogP contribution in [0.2, 0.25) is 0 Å². The van der Waals surface area contributed by atoms with E-state index in [9.17, 15) is 0 Å². The second-order valence-corrected chi connectivity index (χ2v) is 5.36. The van der Waals surface area contributed by atoms with E-state index in [0.29, 0.717) is 6.61 Å². The summed E-state index contributed by atoms with van der Waals surface area (Å²) in [5, 5.41) is 3.41. The van der Waals surface area contributed by atoms with Gasteiger partial charge in [-0.1, -0.05) is 0 Å². The lowest BCUT2D eigenvalue weighted by Crippen LogP contribution is -2.13. The fraction of sp³-hybridized carbons (Fsp3) is 0.312. The van der Waals surface area contributed by atoms with Crippen LogP contribution < -0.4 is 14.8 Å². The SMILES string of the molecule is CCOc1cc(CNCc2ccncc2)cc(Br)c1OC. The van der Waals surface area contributed by atoms with Crippen LogP contribution >= 0.6 is 15.9 Å². The van der Waals surface area contributed by atoms with Gasteiger partial charge >= 0.3 is 0 Å². The molecule has 0 amide bonds. The molecule has 4 nitrogen and oxygen atoms in total. The molecule has 0 radical (unpaired) electrons. The molecular formula is C16H19BrN2O2. The highest BCUT2D eigenvalue weighted by molar-refractivity contribution is 9.10. The van der Waals surface area contributed by atoms with Crippen molar-refractivity contribution in [2.24, 2.45) is 0 Å². The fourth-order valence-electron chi connectivity index (χ4n) is 2.04. The predicted octanol–water partition coefficient (Wildman–Crippen LogP) is 3.54. The largest absolute Gasteiger partial charge is 0.492 e. The number of nitrogens with zero attached hydrogens (tertiary/aromatic N) is 1. The lowest BCUT2D eigenvalue weighted by Gasteiger charge is -2.13. The van der Waals surface area contributed by atoms with Crippen molar-refractivity contribution in [1.29, 1.82) is 0 Å². The first-order valence-corrected chi connectivity index (χ1v) is 7.62. The van der Waals surface area contributed by atoms with Crippen molar-refractivity contribution in [1.82, 2.24) is 10.3 Å². The number of benzene rings is 1. The number of nitrogens with one attached hydrogen (secondary N) is 1. The van der Waals surface area contributed by atoms with E-state index in [0.717, 1.165) is 34.6 Å². The molecular weight excluding hydrogens is 332 g/mol. The van der Waals surface area contributed by atoms with Crippen molar-refractivity contribution in [2.45, 2.75) is 20.0 Å². The lowest BCUT2D eigenvalue weighted by molar-refractivity contribution is 0.309. The molecule has 0 bridgehead atoms. The number of aromatic nitrogens is 1. The monoisotopic (exact) mass is 350 g/mol. The summed E-state index contributed by atoms with van der Waals surface area (Å²) in [4.78, 5) is 4.01. The Morgan fingerprint density at radius 2 is 1.86 bits per heavy atom. The van der Waals surface area contributed by atoms with Gasteiger partial charge in [-0.3, -0.25) is 4.98 Å². The highest BCUT2D eigenvalue weighted by Gasteiger charge is 2.10. The van der Waals surface area contributed by atoms with E-state index in [1.807, 2.05) is 31.2 Å². The van der Waals surface area contributed by atoms with Gasteiger partial charge in [0.1, 0.15) is 0 Å². The van der Waals surface area contributed by atoms with Gasteiger partial charge in [0, 0.05) is 25.5 Å². The predicted molar refractivity (Wildman–Crippen MR) is 86.6 cm³/mol. The molecule has 2 aromatic rings. The van der Waals surface area contributed by atoms with Crippen molar-refractivity contribution in [3.63, 3.8) is 0 Å². The van der Waals surface area contributed by atoms with E-state index >= 15 is 0 Å². The number of rotatable bonds is 7. The quantitative estimate of drug-likeness (QED) is 0.829. The van der Waals surface area contributed by atoms with Gasteiger partial charge < -0.3 is 14.8 Å². The zero-order valence-corrected chi connectivity index (χ0v) is 13.8. The molecule has 21 heavy (non-hydrogen) atoms. The summed E-state index contributed by atoms with van der Waals surface area (Å²) < 4.78 is 11.9. The summed E-state index contributed by atoms with van der Waals surface area (Å²) in [5.74, 6) is 1.49. The minimum atomic E-state index is 0.608. The average Bonchev–Trinajstić information content (AvgIpc) is 2.48. The molecule has 0 unspecified atom stereocenters. The Bertz CT molecular complexity index is 576. The van der Waals surface area contributed by atoms with Crippen molar-refractivity contribution in [3.8, 4) is 11.5 Å². The van der Waals surface area contributed by atoms with E-state index in [4.69, 9.17) is 9.47 Å². The number of methoxy groups -OCH3 is 1. The first kappa shape index (κ1) is 15.8. The molecule has 1 N–H and O–H groups in total. The van der Waals surface area contributed by atoms with Crippen molar-refractivity contribution < 1.29 is 9.47 Å². The zero-order chi connectivity index (χ0) is 15.1. The highest BCUT2D eigenvalue weighted by Crippen LogP contribution is 2.36. The molecule has 1 aromatic heterocycles. The van der Waals surface area contributed by atoms with Crippen LogP contribution in [0, 0.1) is 0 Å². The summed E-state index contributed by atoms with van der Waals surface area (Å²) in [5.41, 5.74) is 2.35. The van der Waals surface area contributed by atoms with Crippen LogP contribution in [-0.4, -0.2) is 18.7 Å². The summed E-state index contributed by atoms with van der Waals surface area (Å²) >= 11 is 3.52. The van der Waals surface area contributed by atoms with Gasteiger partial charge in [0.05, 0.1) is 18.2 Å². The van der Waals surface area contributed by atoms with Gasteiger partial charge in [0.2, 0.25) is 0 Å². The van der Waals surface area contributed by atoms with Crippen LogP contribution in [0.3, 0.4) is 0 Å². The van der Waals surface area contributed by atoms with E-state index < -0.39 is 0 Å². The first-order valence-electron chi connectivity index (χ1n) is 6.83. The summed E-state index contributed by atoms with van der Waals surface area (Å²) in [6.45, 7) is 4.12. The molecule has 0 aliphatic carbocycles. The van der Waals surface area contributed by atoms with E-state index in [2.05, 4.69) is 26.2 Å². The molecule has 0 saturated heterocycles. The van der Waals surface area contributed by atoms with Gasteiger partial charge in [-0.15, -0.1) is 0 Å². The van der Waals surface area contributed by atoms with E-state index in [1.54, 1.807) is 19.5 Å². The van der Waals surface area contributed by atoms with E-state index in [1.165, 1.54) is 5.56 Å². The second-order valence-electron chi connectivity index (χ2n) is 4.50. The fourth-order valence-corrected chi connectivity index (χ4v) is 2.69. The summed E-state index contributed by atoms with van der Waals surface area (Å²) in [6.07, 6.45) is 3.60. The Morgan fingerprint density at radius 1 is 1.14 bits per heavy atom. The van der Waals surface area contributed by atoms with Crippen molar-refractivity contribution >= 4 is 15.9 Å². The third kappa shape index (κ3) is 4.44. The van der Waals surface area contributed by atoms with Gasteiger partial charge in [0.15, 0.2) is 11.5 Å². The van der Waals surface area contributed by atoms with Gasteiger partial charge in [-0.2, -0.15) is 0 Å². The minimum absolute atomic E-state index is 0.608. The molecule has 1 aromatic carbocycles. The average molecular weight is 351 g/mol. The minimum Gasteiger partial charge on any atom is -0.492 e. The van der Waals surface area contributed by atoms with Crippen LogP contribution in [-0.2, 0) is 13.1 Å². The van der Waals surface area contributed by atoms with Crippen LogP contribution in [0.4, 0.5) is 0 Å². The lowest BCUT2D eigenvalue weighted by atomic mass is 10.2. The smallest absolute Gasteiger partial charge is 0.174 e. The Labute approximate surface area is 133 Å². The Hall–Kier alpha value is -1.59. The second kappa shape index (κ2) is 8.00. The molecule has 0 spiro atoms. The summed E-state index contributed by atoms with van der Waals surface area (Å²) in [6, 6.07) is 8.05. The van der Waals surface area contributed by atoms with E-state index in [-0.39, 0.29) is 0 Å². The molecule has 0 atom stereocenters. The molecule has 5 heteroatoms. The zero-order valence-electron chi connectivity index (χ0n) is 12.2. The van der Waals surface area contributed by atoms with Gasteiger partial charge in [0.25, 0.3) is 0 Å². The maximum Gasteiger partial charge on any atom is 0.174 e. The highest BCUT2D eigenvalue weighted by atomic mass is 79.9. The van der Waals surface area contributed by atoms with Crippen molar-refractivity contribution in [3.05, 3.63) is 52.3 Å². The van der Waals surface area contributed by atoms with Crippen LogP contribution in [0.15, 0.2) is 41.1 Å². The van der Waals surface area contributed by atoms with Crippen LogP contribution in [0.5, 0.6) is 11.5 Å². The number of hydrogen-bond acceptors (Lipinski definition) is 4. The molecule has 0 saturated carbocycles. The Kier molecular flexibility index (Phi) is 6.02. The first-order chi connectivity index (χ1) is 10.2. The molecule has 0 fully saturated rings. The normalized spacial score (nSPS) is 10.4. The van der Waals surface area contributed by atoms with Gasteiger partial charge in [-0.05, 0) is 58.2 Å². The Balaban J connectivity index is 2.03. The third-order valence-electron chi connectivity index (χ3n) is 2.98. The number of halogens is 1. The topological polar surface area (TPSA) is 43.4 Å². The maximum atomic E-state index is 5.62.